The Hall–Kier alpha value is -3.39. The Bertz CT molecular complexity index is 1140. The average Bonchev–Trinajstić information content (AvgIpc) is 3.37. The summed E-state index contributed by atoms with van der Waals surface area (Å²) in [5.41, 5.74) is 2.56. The number of nitrogens with zero attached hydrogens (tertiary/aromatic N) is 3. The highest BCUT2D eigenvalue weighted by molar-refractivity contribution is 7.20. The highest BCUT2D eigenvalue weighted by Crippen LogP contribution is 2.38. The van der Waals surface area contributed by atoms with Gasteiger partial charge in [-0.3, -0.25) is 4.79 Å². The van der Waals surface area contributed by atoms with Crippen LogP contribution in [0.5, 0.6) is 11.5 Å². The molecule has 1 aliphatic heterocycles. The quantitative estimate of drug-likeness (QED) is 0.573. The van der Waals surface area contributed by atoms with Crippen LogP contribution in [0.1, 0.15) is 11.3 Å². The van der Waals surface area contributed by atoms with Crippen LogP contribution in [0.4, 0.5) is 5.82 Å². The number of carbonyl (C=O) groups is 1. The highest BCUT2D eigenvalue weighted by atomic mass is 32.1. The lowest BCUT2D eigenvalue weighted by atomic mass is 10.1. The third kappa shape index (κ3) is 3.07. The van der Waals surface area contributed by atoms with Crippen molar-refractivity contribution in [2.24, 2.45) is 0 Å². The van der Waals surface area contributed by atoms with Gasteiger partial charge in [0.15, 0.2) is 11.5 Å². The maximum atomic E-state index is 12.5. The molecule has 0 atom stereocenters. The molecular weight excluding hydrogens is 376 g/mol. The number of fused-ring (bicyclic) bond motifs is 2. The molecule has 5 rings (SSSR count). The summed E-state index contributed by atoms with van der Waals surface area (Å²) in [6.45, 7) is 2.11. The van der Waals surface area contributed by atoms with Crippen LogP contribution in [0, 0.1) is 6.92 Å². The predicted molar refractivity (Wildman–Crippen MR) is 106 cm³/mol. The molecule has 140 valence electrons. The Kier molecular flexibility index (Phi) is 3.98. The minimum atomic E-state index is -0.103. The number of amides is 1. The van der Waals surface area contributed by atoms with E-state index in [2.05, 4.69) is 15.4 Å². The van der Waals surface area contributed by atoms with Gasteiger partial charge in [-0.1, -0.05) is 41.7 Å². The van der Waals surface area contributed by atoms with Crippen molar-refractivity contribution < 1.29 is 14.3 Å². The van der Waals surface area contributed by atoms with Gasteiger partial charge in [-0.25, -0.2) is 4.98 Å². The molecule has 28 heavy (non-hydrogen) atoms. The van der Waals surface area contributed by atoms with Crippen LogP contribution < -0.4 is 14.8 Å². The first-order valence-electron chi connectivity index (χ1n) is 8.77. The fourth-order valence-corrected chi connectivity index (χ4v) is 4.04. The van der Waals surface area contributed by atoms with Crippen molar-refractivity contribution in [1.29, 1.82) is 0 Å². The molecule has 1 aliphatic rings. The summed E-state index contributed by atoms with van der Waals surface area (Å²) < 4.78 is 13.5. The van der Waals surface area contributed by atoms with Crippen LogP contribution in [0.3, 0.4) is 0 Å². The lowest BCUT2D eigenvalue weighted by molar-refractivity contribution is -0.115. The number of benzene rings is 2. The van der Waals surface area contributed by atoms with E-state index < -0.39 is 0 Å². The lowest BCUT2D eigenvalue weighted by Crippen LogP contribution is -2.17. The molecule has 1 N–H and O–H groups in total. The number of hydrogen-bond donors (Lipinski definition) is 1. The predicted octanol–water partition coefficient (Wildman–Crippen LogP) is 3.70. The van der Waals surface area contributed by atoms with E-state index in [9.17, 15) is 4.79 Å². The van der Waals surface area contributed by atoms with Gasteiger partial charge in [-0.15, -0.1) is 0 Å². The van der Waals surface area contributed by atoms with Crippen LogP contribution in [-0.2, 0) is 11.2 Å². The molecule has 2 aromatic heterocycles. The van der Waals surface area contributed by atoms with E-state index in [0.717, 1.165) is 27.2 Å². The summed E-state index contributed by atoms with van der Waals surface area (Å²) in [6.07, 6.45) is 0.298. The van der Waals surface area contributed by atoms with Gasteiger partial charge in [0.05, 0.1) is 22.3 Å². The topological polar surface area (TPSA) is 78.3 Å². The summed E-state index contributed by atoms with van der Waals surface area (Å²) in [4.78, 5) is 17.1. The van der Waals surface area contributed by atoms with E-state index in [0.29, 0.717) is 23.1 Å². The molecule has 2 aromatic carbocycles. The zero-order valence-electron chi connectivity index (χ0n) is 15.0. The lowest BCUT2D eigenvalue weighted by Gasteiger charge is -2.06. The van der Waals surface area contributed by atoms with Crippen molar-refractivity contribution in [3.8, 4) is 16.6 Å². The molecule has 0 spiro atoms. The number of nitrogens with one attached hydrogen (secondary N) is 1. The number of ether oxygens (including phenoxy) is 2. The molecule has 0 radical (unpaired) electrons. The first-order valence-corrected chi connectivity index (χ1v) is 9.58. The normalized spacial score (nSPS) is 12.5. The number of carbonyl (C=O) groups excluding carboxylic acids is 1. The van der Waals surface area contributed by atoms with Gasteiger partial charge in [0.25, 0.3) is 0 Å². The minimum Gasteiger partial charge on any atom is -0.454 e. The van der Waals surface area contributed by atoms with Gasteiger partial charge in [0.2, 0.25) is 17.8 Å². The smallest absolute Gasteiger partial charge is 0.231 e. The number of hydrogen-bond acceptors (Lipinski definition) is 6. The molecular formula is C20H16N4O3S. The number of aryl methyl sites for hydroxylation is 1. The first kappa shape index (κ1) is 16.8. The van der Waals surface area contributed by atoms with Crippen LogP contribution in [0.15, 0.2) is 48.5 Å². The van der Waals surface area contributed by atoms with Crippen molar-refractivity contribution in [3.63, 3.8) is 0 Å². The van der Waals surface area contributed by atoms with Crippen molar-refractivity contribution in [2.75, 3.05) is 12.1 Å². The standard InChI is InChI=1S/C20H16N4O3S/c1-12-7-18(22-19(25)8-13-5-3-2-4-6-13)24(23-12)20-21-14-9-15-16(27-11-26-15)10-17(14)28-20/h2-7,9-10H,8,11H2,1H3,(H,22,25). The number of anilines is 1. The van der Waals surface area contributed by atoms with E-state index >= 15 is 0 Å². The molecule has 0 unspecified atom stereocenters. The maximum absolute atomic E-state index is 12.5. The van der Waals surface area contributed by atoms with Gasteiger partial charge in [0.1, 0.15) is 5.82 Å². The van der Waals surface area contributed by atoms with E-state index in [1.807, 2.05) is 55.5 Å². The molecule has 1 amide bonds. The van der Waals surface area contributed by atoms with Gasteiger partial charge in [-0.05, 0) is 12.5 Å². The summed E-state index contributed by atoms with van der Waals surface area (Å²) in [7, 11) is 0. The van der Waals surface area contributed by atoms with Crippen molar-refractivity contribution >= 4 is 33.3 Å². The third-order valence-electron chi connectivity index (χ3n) is 4.36. The second-order valence-corrected chi connectivity index (χ2v) is 7.47. The summed E-state index contributed by atoms with van der Waals surface area (Å²) in [6, 6.07) is 15.2. The Balaban J connectivity index is 1.45. The maximum Gasteiger partial charge on any atom is 0.231 e. The van der Waals surface area contributed by atoms with E-state index in [1.165, 1.54) is 11.3 Å². The van der Waals surface area contributed by atoms with Gasteiger partial charge >= 0.3 is 0 Å². The fourth-order valence-electron chi connectivity index (χ4n) is 3.10. The molecule has 0 saturated heterocycles. The zero-order chi connectivity index (χ0) is 19.1. The monoisotopic (exact) mass is 392 g/mol. The molecule has 8 heteroatoms. The van der Waals surface area contributed by atoms with Gasteiger partial charge < -0.3 is 14.8 Å². The third-order valence-corrected chi connectivity index (χ3v) is 5.35. The van der Waals surface area contributed by atoms with Crippen molar-refractivity contribution in [1.82, 2.24) is 14.8 Å². The number of aromatic nitrogens is 3. The van der Waals surface area contributed by atoms with E-state index in [1.54, 1.807) is 4.68 Å². The van der Waals surface area contributed by atoms with Crippen molar-refractivity contribution in [2.45, 2.75) is 13.3 Å². The molecule has 0 fully saturated rings. The summed E-state index contributed by atoms with van der Waals surface area (Å²) >= 11 is 1.48. The molecule has 3 heterocycles. The average molecular weight is 392 g/mol. The van der Waals surface area contributed by atoms with Crippen LogP contribution in [0.25, 0.3) is 15.3 Å². The van der Waals surface area contributed by atoms with E-state index in [4.69, 9.17) is 9.47 Å². The highest BCUT2D eigenvalue weighted by Gasteiger charge is 2.19. The molecule has 0 aliphatic carbocycles. The van der Waals surface area contributed by atoms with Crippen LogP contribution in [0.2, 0.25) is 0 Å². The van der Waals surface area contributed by atoms with Crippen LogP contribution >= 0.6 is 11.3 Å². The minimum absolute atomic E-state index is 0.103. The largest absolute Gasteiger partial charge is 0.454 e. The Morgan fingerprint density at radius 2 is 1.96 bits per heavy atom. The number of thiazole rings is 1. The van der Waals surface area contributed by atoms with Gasteiger partial charge in [0, 0.05) is 18.2 Å². The SMILES string of the molecule is Cc1cc(NC(=O)Cc2ccccc2)n(-c2nc3cc4c(cc3s2)OCO4)n1. The molecule has 4 aromatic rings. The van der Waals surface area contributed by atoms with Crippen molar-refractivity contribution in [3.05, 3.63) is 59.8 Å². The zero-order valence-corrected chi connectivity index (χ0v) is 15.8. The molecule has 0 bridgehead atoms. The second kappa shape index (κ2) is 6.65. The second-order valence-electron chi connectivity index (χ2n) is 6.46. The Morgan fingerprint density at radius 3 is 2.79 bits per heavy atom. The first-order chi connectivity index (χ1) is 13.7. The van der Waals surface area contributed by atoms with Crippen LogP contribution in [-0.4, -0.2) is 27.5 Å². The molecule has 7 nitrogen and oxygen atoms in total. The Morgan fingerprint density at radius 1 is 1.18 bits per heavy atom. The summed E-state index contributed by atoms with van der Waals surface area (Å²) in [5.74, 6) is 1.90. The Labute approximate surface area is 164 Å². The number of rotatable bonds is 4. The van der Waals surface area contributed by atoms with E-state index in [-0.39, 0.29) is 12.7 Å². The van der Waals surface area contributed by atoms with Gasteiger partial charge in [-0.2, -0.15) is 9.78 Å². The fraction of sp³-hybridized carbons (Fsp3) is 0.150. The molecule has 0 saturated carbocycles. The summed E-state index contributed by atoms with van der Waals surface area (Å²) in [5, 5.41) is 8.12.